The Morgan fingerprint density at radius 3 is 1.41 bits per heavy atom. The average molecular weight is 638 g/mol. The number of hydrogen-bond donors (Lipinski definition) is 2. The molecule has 41 heavy (non-hydrogen) atoms. The van der Waals surface area contributed by atoms with Crippen molar-refractivity contribution in [3.05, 3.63) is 47.7 Å². The minimum absolute atomic E-state index is 0.0694. The normalized spacial score (nSPS) is 14.9. The standard InChI is InChI=1S/C19H11F17N2O3/c1-8(37-38-11(40)9-5-3-2-4-6-9)7-10(39)41-19(35,36)17(30,31)15(26,27)13(22,23)12(20,21)14(24,25)16(28,29)18(32,33)34/h2-7,37H,1H3,(H,38,40)/b8-7-. The number of carbonyl (C=O) groups excluding carboxylic acids is 2. The Morgan fingerprint density at radius 2 is 1.00 bits per heavy atom. The van der Waals surface area contributed by atoms with Gasteiger partial charge in [0.05, 0.1) is 0 Å². The number of esters is 1. The predicted octanol–water partition coefficient (Wildman–Crippen LogP) is 6.33. The molecule has 0 aliphatic rings. The van der Waals surface area contributed by atoms with Crippen LogP contribution >= 0.6 is 0 Å². The molecule has 0 bridgehead atoms. The number of amides is 1. The van der Waals surface area contributed by atoms with Crippen LogP contribution in [0.4, 0.5) is 74.6 Å². The molecule has 0 saturated heterocycles. The molecule has 1 aromatic rings. The number of rotatable bonds is 11. The third-order valence-electron chi connectivity index (χ3n) is 4.67. The molecule has 1 rings (SSSR count). The Labute approximate surface area is 215 Å². The molecule has 1 amide bonds. The lowest BCUT2D eigenvalue weighted by Crippen LogP contribution is -2.74. The first-order chi connectivity index (χ1) is 18.0. The maximum Gasteiger partial charge on any atom is 0.473 e. The van der Waals surface area contributed by atoms with E-state index in [1.807, 2.05) is 0 Å². The number of hydrazine groups is 1. The van der Waals surface area contributed by atoms with Gasteiger partial charge < -0.3 is 10.2 Å². The van der Waals surface area contributed by atoms with Gasteiger partial charge in [0, 0.05) is 17.3 Å². The highest BCUT2D eigenvalue weighted by atomic mass is 19.4. The first-order valence-electron chi connectivity index (χ1n) is 9.77. The lowest BCUT2D eigenvalue weighted by Gasteiger charge is -2.42. The van der Waals surface area contributed by atoms with E-state index in [0.717, 1.165) is 0 Å². The minimum Gasteiger partial charge on any atom is -0.393 e. The van der Waals surface area contributed by atoms with Gasteiger partial charge in [0.25, 0.3) is 5.91 Å². The molecule has 22 heteroatoms. The quantitative estimate of drug-likeness (QED) is 0.129. The van der Waals surface area contributed by atoms with Gasteiger partial charge in [-0.25, -0.2) is 4.79 Å². The lowest BCUT2D eigenvalue weighted by molar-refractivity contribution is -0.473. The van der Waals surface area contributed by atoms with Gasteiger partial charge in [-0.05, 0) is 19.1 Å². The van der Waals surface area contributed by atoms with E-state index in [2.05, 4.69) is 4.74 Å². The third kappa shape index (κ3) is 5.95. The predicted molar refractivity (Wildman–Crippen MR) is 97.6 cm³/mol. The SMILES string of the molecule is C/C(=C/C(=O)OC(F)(F)C(F)(F)C(F)(F)C(F)(F)C(F)(F)C(F)(F)C(F)(F)C(F)(F)F)NNC(=O)c1ccccc1. The molecule has 0 radical (unpaired) electrons. The number of halogens is 17. The Kier molecular flexibility index (Phi) is 9.30. The second kappa shape index (κ2) is 10.7. The number of carbonyl (C=O) groups is 2. The van der Waals surface area contributed by atoms with Crippen molar-refractivity contribution >= 4 is 11.9 Å². The van der Waals surface area contributed by atoms with Crippen LogP contribution in [0, 0.1) is 0 Å². The van der Waals surface area contributed by atoms with Crippen LogP contribution in [0.2, 0.25) is 0 Å². The summed E-state index contributed by atoms with van der Waals surface area (Å²) < 4.78 is 227. The molecular formula is C19H11F17N2O3. The van der Waals surface area contributed by atoms with E-state index >= 15 is 0 Å². The lowest BCUT2D eigenvalue weighted by atomic mass is 9.90. The summed E-state index contributed by atoms with van der Waals surface area (Å²) in [6.45, 7) is 0.676. The first kappa shape index (κ1) is 35.5. The highest BCUT2D eigenvalue weighted by molar-refractivity contribution is 5.93. The van der Waals surface area contributed by atoms with Crippen molar-refractivity contribution in [2.24, 2.45) is 0 Å². The molecule has 2 N–H and O–H groups in total. The molecule has 5 nitrogen and oxygen atoms in total. The number of allylic oxidation sites excluding steroid dienone is 1. The fourth-order valence-electron chi connectivity index (χ4n) is 2.40. The molecule has 0 unspecified atom stereocenters. The van der Waals surface area contributed by atoms with Crippen molar-refractivity contribution < 1.29 is 89.0 Å². The number of hydrogen-bond acceptors (Lipinski definition) is 4. The Balaban J connectivity index is 3.27. The number of benzene rings is 1. The second-order valence-corrected chi connectivity index (χ2v) is 7.65. The summed E-state index contributed by atoms with van der Waals surface area (Å²) in [5.41, 5.74) is 2.64. The fourth-order valence-corrected chi connectivity index (χ4v) is 2.40. The maximum atomic E-state index is 13.7. The van der Waals surface area contributed by atoms with E-state index in [0.29, 0.717) is 6.92 Å². The molecule has 0 aliphatic heterocycles. The highest BCUT2D eigenvalue weighted by Gasteiger charge is 2.95. The molecule has 0 aromatic heterocycles. The number of alkyl halides is 17. The van der Waals surface area contributed by atoms with Crippen LogP contribution in [0.1, 0.15) is 17.3 Å². The van der Waals surface area contributed by atoms with Crippen molar-refractivity contribution in [3.8, 4) is 0 Å². The van der Waals surface area contributed by atoms with Gasteiger partial charge in [-0.1, -0.05) is 18.2 Å². The smallest absolute Gasteiger partial charge is 0.393 e. The Morgan fingerprint density at radius 1 is 0.610 bits per heavy atom. The molecule has 0 aliphatic carbocycles. The molecule has 0 saturated carbocycles. The summed E-state index contributed by atoms with van der Waals surface area (Å²) in [7, 11) is 0. The van der Waals surface area contributed by atoms with Gasteiger partial charge in [-0.15, -0.1) is 0 Å². The third-order valence-corrected chi connectivity index (χ3v) is 4.67. The molecule has 234 valence electrons. The van der Waals surface area contributed by atoms with E-state index in [1.54, 1.807) is 10.9 Å². The van der Waals surface area contributed by atoms with E-state index in [9.17, 15) is 84.2 Å². The number of nitrogens with one attached hydrogen (secondary N) is 2. The van der Waals surface area contributed by atoms with Crippen LogP contribution in [-0.4, -0.2) is 59.7 Å². The maximum absolute atomic E-state index is 13.7. The van der Waals surface area contributed by atoms with Crippen molar-refractivity contribution in [3.63, 3.8) is 0 Å². The summed E-state index contributed by atoms with van der Waals surface area (Å²) in [5.74, 6) is -55.2. The molecule has 0 heterocycles. The Bertz CT molecular complexity index is 1150. The Hall–Kier alpha value is -3.49. The zero-order valence-electron chi connectivity index (χ0n) is 19.1. The topological polar surface area (TPSA) is 67.4 Å². The summed E-state index contributed by atoms with van der Waals surface area (Å²) in [4.78, 5) is 23.2. The minimum atomic E-state index is -8.80. The van der Waals surface area contributed by atoms with Crippen LogP contribution in [0.5, 0.6) is 0 Å². The van der Waals surface area contributed by atoms with Crippen molar-refractivity contribution in [1.82, 2.24) is 10.9 Å². The van der Waals surface area contributed by atoms with Gasteiger partial charge in [-0.3, -0.25) is 10.2 Å². The summed E-state index contributed by atoms with van der Waals surface area (Å²) in [6, 6.07) is 6.61. The zero-order chi connectivity index (χ0) is 32.7. The van der Waals surface area contributed by atoms with Gasteiger partial charge >= 0.3 is 53.8 Å². The second-order valence-electron chi connectivity index (χ2n) is 7.65. The van der Waals surface area contributed by atoms with E-state index in [-0.39, 0.29) is 11.6 Å². The largest absolute Gasteiger partial charge is 0.473 e. The van der Waals surface area contributed by atoms with Gasteiger partial charge in [0.15, 0.2) is 0 Å². The summed E-state index contributed by atoms with van der Waals surface area (Å²) >= 11 is 0. The van der Waals surface area contributed by atoms with Crippen LogP contribution in [-0.2, 0) is 9.53 Å². The van der Waals surface area contributed by atoms with Crippen molar-refractivity contribution in [2.45, 2.75) is 54.7 Å². The van der Waals surface area contributed by atoms with Crippen LogP contribution in [0.3, 0.4) is 0 Å². The summed E-state index contributed by atoms with van der Waals surface area (Å²) in [6.07, 6.45) is -15.6. The first-order valence-corrected chi connectivity index (χ1v) is 9.77. The number of ether oxygens (including phenoxy) is 1. The molecule has 0 fully saturated rings. The van der Waals surface area contributed by atoms with Gasteiger partial charge in [0.1, 0.15) is 0 Å². The fraction of sp³-hybridized carbons (Fsp3) is 0.474. The van der Waals surface area contributed by atoms with E-state index in [4.69, 9.17) is 0 Å². The summed E-state index contributed by atoms with van der Waals surface area (Å²) in [5, 5.41) is 0. The molecule has 1 aromatic carbocycles. The van der Waals surface area contributed by atoms with Crippen molar-refractivity contribution in [1.29, 1.82) is 0 Å². The average Bonchev–Trinajstić information content (AvgIpc) is 2.81. The van der Waals surface area contributed by atoms with E-state index < -0.39 is 65.4 Å². The monoisotopic (exact) mass is 638 g/mol. The van der Waals surface area contributed by atoms with Crippen LogP contribution < -0.4 is 10.9 Å². The highest BCUT2D eigenvalue weighted by Crippen LogP contribution is 2.64. The van der Waals surface area contributed by atoms with Gasteiger partial charge in [0.2, 0.25) is 0 Å². The van der Waals surface area contributed by atoms with Gasteiger partial charge in [-0.2, -0.15) is 74.6 Å². The van der Waals surface area contributed by atoms with Crippen molar-refractivity contribution in [2.75, 3.05) is 0 Å². The molecular weight excluding hydrogens is 627 g/mol. The zero-order valence-corrected chi connectivity index (χ0v) is 19.1. The van der Waals surface area contributed by atoms with Crippen LogP contribution in [0.15, 0.2) is 42.1 Å². The van der Waals surface area contributed by atoms with E-state index in [1.165, 1.54) is 30.3 Å². The molecule has 0 atom stereocenters. The molecule has 0 spiro atoms. The van der Waals surface area contributed by atoms with Crippen LogP contribution in [0.25, 0.3) is 0 Å².